The van der Waals surface area contributed by atoms with Gasteiger partial charge in [0.25, 0.3) is 5.91 Å². The summed E-state index contributed by atoms with van der Waals surface area (Å²) < 4.78 is 0. The summed E-state index contributed by atoms with van der Waals surface area (Å²) in [5.41, 5.74) is 0.473. The minimum atomic E-state index is -1.17. The lowest BCUT2D eigenvalue weighted by molar-refractivity contribution is -0.146. The molecule has 7 heteroatoms. The summed E-state index contributed by atoms with van der Waals surface area (Å²) in [4.78, 5) is 24.3. The Balaban J connectivity index is 1.79. The van der Waals surface area contributed by atoms with Crippen molar-refractivity contribution in [1.82, 2.24) is 20.7 Å². The zero-order chi connectivity index (χ0) is 16.4. The van der Waals surface area contributed by atoms with Crippen molar-refractivity contribution in [2.45, 2.75) is 44.6 Å². The smallest absolute Gasteiger partial charge is 0.329 e. The second kappa shape index (κ2) is 5.98. The molecule has 3 N–H and O–H groups in total. The second-order valence-corrected chi connectivity index (χ2v) is 6.22. The third kappa shape index (κ3) is 2.91. The van der Waals surface area contributed by atoms with Gasteiger partial charge in [-0.1, -0.05) is 13.3 Å². The molecule has 1 amide bonds. The molecule has 0 bridgehead atoms. The monoisotopic (exact) mass is 316 g/mol. The van der Waals surface area contributed by atoms with Crippen LogP contribution in [0.5, 0.6) is 0 Å². The standard InChI is InChI=1S/C16H20N4O3/c1-2-10-5-7-16(8-6-10,15(22)23)17-14(21)11-3-4-12-13(9-11)19-20-18-12/h3-4,9-10H,2,5-8H2,1H3,(H,17,21)(H,22,23)(H,18,19,20). The third-order valence-corrected chi connectivity index (χ3v) is 4.88. The number of nitrogens with zero attached hydrogens (tertiary/aromatic N) is 2. The molecule has 1 saturated carbocycles. The van der Waals surface area contributed by atoms with Crippen molar-refractivity contribution in [1.29, 1.82) is 0 Å². The number of carboxylic acids is 1. The fraction of sp³-hybridized carbons (Fsp3) is 0.500. The van der Waals surface area contributed by atoms with E-state index < -0.39 is 11.5 Å². The highest BCUT2D eigenvalue weighted by Gasteiger charge is 2.43. The van der Waals surface area contributed by atoms with Crippen molar-refractivity contribution in [2.24, 2.45) is 5.92 Å². The van der Waals surface area contributed by atoms with Crippen LogP contribution < -0.4 is 5.32 Å². The minimum absolute atomic E-state index is 0.382. The van der Waals surface area contributed by atoms with Crippen molar-refractivity contribution in [3.63, 3.8) is 0 Å². The Morgan fingerprint density at radius 2 is 2.00 bits per heavy atom. The van der Waals surface area contributed by atoms with Gasteiger partial charge in [-0.05, 0) is 49.8 Å². The van der Waals surface area contributed by atoms with Gasteiger partial charge < -0.3 is 10.4 Å². The van der Waals surface area contributed by atoms with Gasteiger partial charge in [0.15, 0.2) is 0 Å². The number of aromatic amines is 1. The Morgan fingerprint density at radius 1 is 1.30 bits per heavy atom. The van der Waals surface area contributed by atoms with E-state index in [1.54, 1.807) is 18.2 Å². The van der Waals surface area contributed by atoms with E-state index in [-0.39, 0.29) is 5.91 Å². The Hall–Kier alpha value is -2.44. The van der Waals surface area contributed by atoms with Gasteiger partial charge in [0, 0.05) is 5.56 Å². The van der Waals surface area contributed by atoms with Gasteiger partial charge in [0.2, 0.25) is 0 Å². The molecule has 1 fully saturated rings. The molecule has 23 heavy (non-hydrogen) atoms. The van der Waals surface area contributed by atoms with Crippen molar-refractivity contribution >= 4 is 22.9 Å². The predicted molar refractivity (Wildman–Crippen MR) is 84.0 cm³/mol. The summed E-state index contributed by atoms with van der Waals surface area (Å²) >= 11 is 0. The molecular weight excluding hydrogens is 296 g/mol. The first-order chi connectivity index (χ1) is 11.0. The first-order valence-electron chi connectivity index (χ1n) is 7.90. The molecule has 0 saturated heterocycles. The number of aromatic nitrogens is 3. The van der Waals surface area contributed by atoms with E-state index in [0.29, 0.717) is 35.4 Å². The molecular formula is C16H20N4O3. The molecule has 1 heterocycles. The summed E-state index contributed by atoms with van der Waals surface area (Å²) in [5.74, 6) is -0.791. The predicted octanol–water partition coefficient (Wildman–Crippen LogP) is 2.11. The zero-order valence-corrected chi connectivity index (χ0v) is 13.0. The Morgan fingerprint density at radius 3 is 2.65 bits per heavy atom. The van der Waals surface area contributed by atoms with E-state index in [9.17, 15) is 14.7 Å². The molecule has 1 aliphatic rings. The number of carbonyl (C=O) groups excluding carboxylic acids is 1. The number of fused-ring (bicyclic) bond motifs is 1. The third-order valence-electron chi connectivity index (χ3n) is 4.88. The molecule has 3 rings (SSSR count). The average Bonchev–Trinajstić information content (AvgIpc) is 3.02. The molecule has 0 aliphatic heterocycles. The largest absolute Gasteiger partial charge is 0.480 e. The first-order valence-corrected chi connectivity index (χ1v) is 7.90. The van der Waals surface area contributed by atoms with E-state index >= 15 is 0 Å². The molecule has 122 valence electrons. The lowest BCUT2D eigenvalue weighted by atomic mass is 9.75. The quantitative estimate of drug-likeness (QED) is 0.800. The fourth-order valence-corrected chi connectivity index (χ4v) is 3.24. The van der Waals surface area contributed by atoms with E-state index in [1.807, 2.05) is 0 Å². The van der Waals surface area contributed by atoms with Crippen molar-refractivity contribution in [3.05, 3.63) is 23.8 Å². The summed E-state index contributed by atoms with van der Waals surface area (Å²) in [7, 11) is 0. The van der Waals surface area contributed by atoms with Gasteiger partial charge in [-0.2, -0.15) is 15.4 Å². The number of aliphatic carboxylic acids is 1. The number of nitrogens with one attached hydrogen (secondary N) is 2. The number of rotatable bonds is 4. The summed E-state index contributed by atoms with van der Waals surface area (Å²) in [6, 6.07) is 4.93. The van der Waals surface area contributed by atoms with Gasteiger partial charge >= 0.3 is 5.97 Å². The highest BCUT2D eigenvalue weighted by molar-refractivity contribution is 6.00. The number of benzene rings is 1. The topological polar surface area (TPSA) is 108 Å². The molecule has 0 atom stereocenters. The van der Waals surface area contributed by atoms with E-state index in [4.69, 9.17) is 0 Å². The van der Waals surface area contributed by atoms with Crippen LogP contribution in [0.2, 0.25) is 0 Å². The van der Waals surface area contributed by atoms with Gasteiger partial charge in [-0.3, -0.25) is 4.79 Å². The number of H-pyrrole nitrogens is 1. The van der Waals surface area contributed by atoms with Crippen molar-refractivity contribution in [2.75, 3.05) is 0 Å². The number of carboxylic acid groups (broad SMARTS) is 1. The summed E-state index contributed by atoms with van der Waals surface area (Å²) in [5, 5.41) is 22.8. The summed E-state index contributed by atoms with van der Waals surface area (Å²) in [6.07, 6.45) is 3.64. The van der Waals surface area contributed by atoms with Gasteiger partial charge in [0.1, 0.15) is 16.6 Å². The first kappa shape index (κ1) is 15.5. The Bertz CT molecular complexity index is 732. The molecule has 1 aliphatic carbocycles. The van der Waals surface area contributed by atoms with Crippen LogP contribution in [-0.4, -0.2) is 37.9 Å². The SMILES string of the molecule is CCC1CCC(NC(=O)c2ccc3n[nH]nc3c2)(C(=O)O)CC1. The van der Waals surface area contributed by atoms with Crippen LogP contribution in [0.3, 0.4) is 0 Å². The van der Waals surface area contributed by atoms with Crippen LogP contribution in [0.25, 0.3) is 11.0 Å². The Labute approximate surface area is 133 Å². The van der Waals surface area contributed by atoms with Crippen LogP contribution in [0.15, 0.2) is 18.2 Å². The maximum Gasteiger partial charge on any atom is 0.329 e. The molecule has 0 spiro atoms. The maximum absolute atomic E-state index is 12.5. The number of hydrogen-bond acceptors (Lipinski definition) is 4. The summed E-state index contributed by atoms with van der Waals surface area (Å²) in [6.45, 7) is 2.12. The van der Waals surface area contributed by atoms with E-state index in [2.05, 4.69) is 27.7 Å². The van der Waals surface area contributed by atoms with Crippen molar-refractivity contribution in [3.8, 4) is 0 Å². The number of carbonyl (C=O) groups is 2. The molecule has 1 aromatic heterocycles. The van der Waals surface area contributed by atoms with Crippen LogP contribution in [0, 0.1) is 5.92 Å². The van der Waals surface area contributed by atoms with Gasteiger partial charge in [-0.25, -0.2) is 4.79 Å². The Kier molecular flexibility index (Phi) is 4.02. The van der Waals surface area contributed by atoms with Crippen LogP contribution in [-0.2, 0) is 4.79 Å². The highest BCUT2D eigenvalue weighted by Crippen LogP contribution is 2.34. The van der Waals surface area contributed by atoms with Crippen LogP contribution in [0.1, 0.15) is 49.4 Å². The normalized spacial score (nSPS) is 24.5. The molecule has 2 aromatic rings. The molecule has 0 radical (unpaired) electrons. The lowest BCUT2D eigenvalue weighted by Gasteiger charge is -2.37. The lowest BCUT2D eigenvalue weighted by Crippen LogP contribution is -2.56. The van der Waals surface area contributed by atoms with Crippen molar-refractivity contribution < 1.29 is 14.7 Å². The number of hydrogen-bond donors (Lipinski definition) is 3. The second-order valence-electron chi connectivity index (χ2n) is 6.22. The fourth-order valence-electron chi connectivity index (χ4n) is 3.24. The van der Waals surface area contributed by atoms with Crippen LogP contribution in [0.4, 0.5) is 0 Å². The minimum Gasteiger partial charge on any atom is -0.480 e. The maximum atomic E-state index is 12.5. The van der Waals surface area contributed by atoms with E-state index in [0.717, 1.165) is 19.3 Å². The highest BCUT2D eigenvalue weighted by atomic mass is 16.4. The van der Waals surface area contributed by atoms with Gasteiger partial charge in [0.05, 0.1) is 0 Å². The molecule has 7 nitrogen and oxygen atoms in total. The molecule has 0 unspecified atom stereocenters. The molecule has 1 aromatic carbocycles. The zero-order valence-electron chi connectivity index (χ0n) is 13.0. The van der Waals surface area contributed by atoms with Crippen LogP contribution >= 0.6 is 0 Å². The van der Waals surface area contributed by atoms with Gasteiger partial charge in [-0.15, -0.1) is 0 Å². The average molecular weight is 316 g/mol. The number of amides is 1. The van der Waals surface area contributed by atoms with E-state index in [1.165, 1.54) is 0 Å².